The van der Waals surface area contributed by atoms with Gasteiger partial charge in [-0.1, -0.05) is 35.5 Å². The van der Waals surface area contributed by atoms with Crippen LogP contribution in [0.25, 0.3) is 17.1 Å². The molecule has 0 aliphatic rings. The molecule has 13 nitrogen and oxygen atoms in total. The topological polar surface area (TPSA) is 180 Å². The summed E-state index contributed by atoms with van der Waals surface area (Å²) >= 11 is 0. The molecule has 154 valence electrons. The van der Waals surface area contributed by atoms with Crippen LogP contribution in [0.5, 0.6) is 0 Å². The highest BCUT2D eigenvalue weighted by Crippen LogP contribution is 2.24. The van der Waals surface area contributed by atoms with Crippen LogP contribution in [-0.2, 0) is 0 Å². The van der Waals surface area contributed by atoms with E-state index in [-0.39, 0.29) is 28.7 Å². The number of rotatable bonds is 6. The summed E-state index contributed by atoms with van der Waals surface area (Å²) in [5.41, 5.74) is 9.52. The second-order valence-corrected chi connectivity index (χ2v) is 6.09. The van der Waals surface area contributed by atoms with Crippen molar-refractivity contribution in [3.05, 3.63) is 76.0 Å². The van der Waals surface area contributed by atoms with Crippen molar-refractivity contribution in [3.8, 4) is 17.1 Å². The van der Waals surface area contributed by atoms with E-state index in [1.807, 2.05) is 6.07 Å². The summed E-state index contributed by atoms with van der Waals surface area (Å²) in [6.07, 6.45) is 1.34. The SMILES string of the molecule is Nc1nonc1-n1nnc(-c2ccccc2)c1C(=O)N/N=C/c1ccc([N+](=O)[O-])cc1. The minimum absolute atomic E-state index is 0.000760. The Balaban J connectivity index is 1.64. The molecule has 0 aliphatic heterocycles. The van der Waals surface area contributed by atoms with Gasteiger partial charge in [0.2, 0.25) is 11.6 Å². The van der Waals surface area contributed by atoms with E-state index < -0.39 is 10.8 Å². The summed E-state index contributed by atoms with van der Waals surface area (Å²) in [6, 6.07) is 14.6. The molecular formula is C18H13N9O4. The number of anilines is 1. The average Bonchev–Trinajstić information content (AvgIpc) is 3.40. The van der Waals surface area contributed by atoms with Crippen LogP contribution in [0.4, 0.5) is 11.5 Å². The number of nitrogens with two attached hydrogens (primary N) is 1. The Bertz CT molecular complexity index is 1260. The number of benzene rings is 2. The highest BCUT2D eigenvalue weighted by atomic mass is 16.6. The average molecular weight is 419 g/mol. The van der Waals surface area contributed by atoms with Crippen molar-refractivity contribution in [2.45, 2.75) is 0 Å². The molecule has 2 aromatic carbocycles. The van der Waals surface area contributed by atoms with E-state index >= 15 is 0 Å². The number of non-ortho nitro benzene ring substituents is 1. The number of nitrogen functional groups attached to an aromatic ring is 1. The predicted octanol–water partition coefficient (Wildman–Crippen LogP) is 1.57. The third-order valence-electron chi connectivity index (χ3n) is 4.11. The van der Waals surface area contributed by atoms with Crippen molar-refractivity contribution in [2.24, 2.45) is 5.10 Å². The lowest BCUT2D eigenvalue weighted by Crippen LogP contribution is -2.22. The Kier molecular flexibility index (Phi) is 5.13. The summed E-state index contributed by atoms with van der Waals surface area (Å²) < 4.78 is 5.69. The number of nitro benzene ring substituents is 1. The van der Waals surface area contributed by atoms with Crippen molar-refractivity contribution < 1.29 is 14.3 Å². The third-order valence-corrected chi connectivity index (χ3v) is 4.11. The normalized spacial score (nSPS) is 11.0. The molecule has 4 aromatic rings. The number of hydrogen-bond acceptors (Lipinski definition) is 10. The quantitative estimate of drug-likeness (QED) is 0.266. The van der Waals surface area contributed by atoms with Gasteiger partial charge in [0.1, 0.15) is 5.69 Å². The lowest BCUT2D eigenvalue weighted by Gasteiger charge is -2.04. The maximum atomic E-state index is 12.9. The van der Waals surface area contributed by atoms with Gasteiger partial charge in [0.15, 0.2) is 5.69 Å². The van der Waals surface area contributed by atoms with Crippen LogP contribution in [0.1, 0.15) is 16.1 Å². The molecular weight excluding hydrogens is 406 g/mol. The van der Waals surface area contributed by atoms with Crippen molar-refractivity contribution in [2.75, 3.05) is 5.73 Å². The van der Waals surface area contributed by atoms with E-state index in [1.54, 1.807) is 24.3 Å². The van der Waals surface area contributed by atoms with Crippen LogP contribution in [-0.4, -0.2) is 42.4 Å². The summed E-state index contributed by atoms with van der Waals surface area (Å²) in [4.78, 5) is 23.1. The Morgan fingerprint density at radius 2 is 1.90 bits per heavy atom. The van der Waals surface area contributed by atoms with Crippen molar-refractivity contribution in [1.82, 2.24) is 30.7 Å². The summed E-state index contributed by atoms with van der Waals surface area (Å²) in [5, 5.41) is 29.8. The fourth-order valence-corrected chi connectivity index (χ4v) is 2.66. The number of amides is 1. The van der Waals surface area contributed by atoms with Crippen molar-refractivity contribution in [1.29, 1.82) is 0 Å². The Morgan fingerprint density at radius 3 is 2.55 bits per heavy atom. The van der Waals surface area contributed by atoms with Gasteiger partial charge in [0, 0.05) is 17.7 Å². The lowest BCUT2D eigenvalue weighted by atomic mass is 10.1. The van der Waals surface area contributed by atoms with Gasteiger partial charge >= 0.3 is 0 Å². The number of hydrazone groups is 1. The van der Waals surface area contributed by atoms with Gasteiger partial charge in [-0.15, -0.1) is 5.10 Å². The first-order valence-corrected chi connectivity index (χ1v) is 8.72. The van der Waals surface area contributed by atoms with Gasteiger partial charge in [-0.05, 0) is 28.0 Å². The number of nitrogens with zero attached hydrogens (tertiary/aromatic N) is 7. The fraction of sp³-hybridized carbons (Fsp3) is 0. The van der Waals surface area contributed by atoms with Crippen molar-refractivity contribution in [3.63, 3.8) is 0 Å². The standard InChI is InChI=1S/C18H13N9O4/c19-16-17(24-31-23-16)26-15(14(21-25-26)12-4-2-1-3-5-12)18(28)22-20-10-11-6-8-13(9-7-11)27(29)30/h1-10H,(H2,19,23)(H,22,28)/b20-10+. The zero-order chi connectivity index (χ0) is 21.8. The summed E-state index contributed by atoms with van der Waals surface area (Å²) in [7, 11) is 0. The molecule has 0 radical (unpaired) electrons. The zero-order valence-corrected chi connectivity index (χ0v) is 15.6. The molecule has 3 N–H and O–H groups in total. The van der Waals surface area contributed by atoms with E-state index in [9.17, 15) is 14.9 Å². The monoisotopic (exact) mass is 419 g/mol. The van der Waals surface area contributed by atoms with E-state index in [4.69, 9.17) is 5.73 Å². The number of nitro groups is 1. The number of carbonyl (C=O) groups is 1. The van der Waals surface area contributed by atoms with E-state index in [0.29, 0.717) is 11.1 Å². The second-order valence-electron chi connectivity index (χ2n) is 6.09. The van der Waals surface area contributed by atoms with Crippen LogP contribution in [0.15, 0.2) is 64.3 Å². The maximum Gasteiger partial charge on any atom is 0.292 e. The van der Waals surface area contributed by atoms with Gasteiger partial charge in [0.05, 0.1) is 11.1 Å². The Hall–Kier alpha value is -4.94. The largest absolute Gasteiger partial charge is 0.378 e. The number of hydrogen-bond donors (Lipinski definition) is 2. The molecule has 0 saturated carbocycles. The van der Waals surface area contributed by atoms with Gasteiger partial charge in [0.25, 0.3) is 11.6 Å². The number of nitrogens with one attached hydrogen (secondary N) is 1. The molecule has 1 amide bonds. The zero-order valence-electron chi connectivity index (χ0n) is 15.6. The first-order valence-electron chi connectivity index (χ1n) is 8.72. The third kappa shape index (κ3) is 3.95. The molecule has 4 rings (SSSR count). The van der Waals surface area contributed by atoms with Crippen LogP contribution in [0.3, 0.4) is 0 Å². The highest BCUT2D eigenvalue weighted by Gasteiger charge is 2.25. The molecule has 0 unspecified atom stereocenters. The van der Waals surface area contributed by atoms with Crippen LogP contribution >= 0.6 is 0 Å². The van der Waals surface area contributed by atoms with E-state index in [1.165, 1.54) is 30.5 Å². The van der Waals surface area contributed by atoms with Crippen molar-refractivity contribution >= 4 is 23.6 Å². The predicted molar refractivity (Wildman–Crippen MR) is 107 cm³/mol. The van der Waals surface area contributed by atoms with Gasteiger partial charge < -0.3 is 5.73 Å². The molecule has 0 saturated heterocycles. The van der Waals surface area contributed by atoms with Gasteiger partial charge in [-0.2, -0.15) is 9.78 Å². The molecule has 2 heterocycles. The lowest BCUT2D eigenvalue weighted by molar-refractivity contribution is -0.384. The first kappa shape index (κ1) is 19.4. The van der Waals surface area contributed by atoms with E-state index in [0.717, 1.165) is 4.68 Å². The molecule has 13 heteroatoms. The molecule has 0 aliphatic carbocycles. The fourth-order valence-electron chi connectivity index (χ4n) is 2.66. The molecule has 0 atom stereocenters. The summed E-state index contributed by atoms with van der Waals surface area (Å²) in [5.74, 6) is -0.725. The van der Waals surface area contributed by atoms with E-state index in [2.05, 4.69) is 35.8 Å². The van der Waals surface area contributed by atoms with Gasteiger partial charge in [-0.25, -0.2) is 10.1 Å². The highest BCUT2D eigenvalue weighted by molar-refractivity contribution is 5.99. The van der Waals surface area contributed by atoms with Gasteiger partial charge in [-0.3, -0.25) is 14.9 Å². The number of carbonyl (C=O) groups excluding carboxylic acids is 1. The van der Waals surface area contributed by atoms with Crippen LogP contribution < -0.4 is 11.2 Å². The summed E-state index contributed by atoms with van der Waals surface area (Å²) in [6.45, 7) is 0. The minimum Gasteiger partial charge on any atom is -0.378 e. The molecule has 0 fully saturated rings. The second kappa shape index (κ2) is 8.20. The van der Waals surface area contributed by atoms with Crippen LogP contribution in [0, 0.1) is 10.1 Å². The molecule has 2 aromatic heterocycles. The van der Waals surface area contributed by atoms with Crippen LogP contribution in [0.2, 0.25) is 0 Å². The number of aromatic nitrogens is 5. The maximum absolute atomic E-state index is 12.9. The Morgan fingerprint density at radius 1 is 1.16 bits per heavy atom. The molecule has 31 heavy (non-hydrogen) atoms. The minimum atomic E-state index is -0.649. The molecule has 0 spiro atoms. The molecule has 0 bridgehead atoms. The smallest absolute Gasteiger partial charge is 0.292 e. The first-order chi connectivity index (χ1) is 15.0. The Labute approximate surface area is 173 Å².